The Morgan fingerprint density at radius 1 is 1.18 bits per heavy atom. The Morgan fingerprint density at radius 3 is 2.57 bits per heavy atom. The summed E-state index contributed by atoms with van der Waals surface area (Å²) >= 11 is 0. The lowest BCUT2D eigenvalue weighted by atomic mass is 9.85. The zero-order valence-corrected chi connectivity index (χ0v) is 16.8. The second-order valence-electron chi connectivity index (χ2n) is 8.30. The molecule has 0 bridgehead atoms. The first-order valence-electron chi connectivity index (χ1n) is 10.3. The van der Waals surface area contributed by atoms with Crippen molar-refractivity contribution in [3.63, 3.8) is 0 Å². The number of imidazole rings is 1. The van der Waals surface area contributed by atoms with E-state index in [1.54, 1.807) is 6.92 Å². The van der Waals surface area contributed by atoms with Gasteiger partial charge in [-0.25, -0.2) is 9.78 Å². The molecule has 0 unspecified atom stereocenters. The topological polar surface area (TPSA) is 73.0 Å². The standard InChI is InChI=1S/C21H29N5O2/c1-15-12-16(2)26(21(28)23-15)14-19(27)24-9-6-18(7-10-24)20-22-8-11-25(20)13-17-4-3-5-17/h8,11-12,17-18H,3-7,9-10,13-14H2,1-2H3. The summed E-state index contributed by atoms with van der Waals surface area (Å²) < 4.78 is 3.79. The average molecular weight is 383 g/mol. The van der Waals surface area contributed by atoms with E-state index in [2.05, 4.69) is 20.7 Å². The predicted molar refractivity (Wildman–Crippen MR) is 106 cm³/mol. The quantitative estimate of drug-likeness (QED) is 0.794. The number of rotatable bonds is 5. The minimum absolute atomic E-state index is 0.00730. The fraction of sp³-hybridized carbons (Fsp3) is 0.619. The van der Waals surface area contributed by atoms with Crippen LogP contribution in [0.4, 0.5) is 0 Å². The summed E-state index contributed by atoms with van der Waals surface area (Å²) in [7, 11) is 0. The van der Waals surface area contributed by atoms with Gasteiger partial charge in [-0.05, 0) is 51.5 Å². The Kier molecular flexibility index (Phi) is 5.33. The largest absolute Gasteiger partial charge is 0.348 e. The molecule has 1 aliphatic carbocycles. The molecule has 28 heavy (non-hydrogen) atoms. The number of amides is 1. The maximum absolute atomic E-state index is 12.7. The summed E-state index contributed by atoms with van der Waals surface area (Å²) in [6.45, 7) is 6.22. The Morgan fingerprint density at radius 2 is 1.93 bits per heavy atom. The molecule has 0 N–H and O–H groups in total. The Labute approximate surface area is 165 Å². The molecular formula is C21H29N5O2. The molecule has 1 saturated heterocycles. The van der Waals surface area contributed by atoms with E-state index in [4.69, 9.17) is 0 Å². The second kappa shape index (κ2) is 7.89. The maximum Gasteiger partial charge on any atom is 0.348 e. The van der Waals surface area contributed by atoms with Gasteiger partial charge in [0.25, 0.3) is 0 Å². The summed E-state index contributed by atoms with van der Waals surface area (Å²) in [6.07, 6.45) is 9.87. The zero-order chi connectivity index (χ0) is 19.7. The molecule has 0 spiro atoms. The third-order valence-electron chi connectivity index (χ3n) is 6.28. The Hall–Kier alpha value is -2.44. The van der Waals surface area contributed by atoms with Crippen molar-refractivity contribution >= 4 is 5.91 Å². The number of hydrogen-bond acceptors (Lipinski definition) is 4. The molecule has 0 aromatic carbocycles. The Balaban J connectivity index is 1.36. The summed E-state index contributed by atoms with van der Waals surface area (Å²) in [6, 6.07) is 1.84. The predicted octanol–water partition coefficient (Wildman–Crippen LogP) is 2.26. The minimum atomic E-state index is -0.348. The van der Waals surface area contributed by atoms with Crippen molar-refractivity contribution in [2.45, 2.75) is 65.0 Å². The van der Waals surface area contributed by atoms with Gasteiger partial charge < -0.3 is 9.47 Å². The lowest BCUT2D eigenvalue weighted by Gasteiger charge is -2.33. The van der Waals surface area contributed by atoms with Crippen LogP contribution < -0.4 is 5.69 Å². The van der Waals surface area contributed by atoms with Gasteiger partial charge >= 0.3 is 5.69 Å². The van der Waals surface area contributed by atoms with E-state index < -0.39 is 0 Å². The van der Waals surface area contributed by atoms with Crippen LogP contribution in [0.1, 0.15) is 55.2 Å². The SMILES string of the molecule is Cc1cc(C)n(CC(=O)N2CCC(c3nccn3CC3CCC3)CC2)c(=O)n1. The molecule has 150 valence electrons. The average Bonchev–Trinajstić information content (AvgIpc) is 3.09. The van der Waals surface area contributed by atoms with Crippen LogP contribution in [0.2, 0.25) is 0 Å². The molecule has 2 aromatic heterocycles. The maximum atomic E-state index is 12.7. The molecule has 2 fully saturated rings. The van der Waals surface area contributed by atoms with E-state index in [1.807, 2.05) is 24.1 Å². The third-order valence-corrected chi connectivity index (χ3v) is 6.28. The van der Waals surface area contributed by atoms with Gasteiger partial charge in [-0.2, -0.15) is 4.98 Å². The molecule has 1 saturated carbocycles. The number of nitrogens with zero attached hydrogens (tertiary/aromatic N) is 5. The van der Waals surface area contributed by atoms with Crippen molar-refractivity contribution in [2.24, 2.45) is 5.92 Å². The number of likely N-dealkylation sites (tertiary alicyclic amines) is 1. The number of aromatic nitrogens is 4. The van der Waals surface area contributed by atoms with Gasteiger partial charge in [0.1, 0.15) is 12.4 Å². The molecule has 7 nitrogen and oxygen atoms in total. The van der Waals surface area contributed by atoms with E-state index in [-0.39, 0.29) is 18.1 Å². The number of carbonyl (C=O) groups is 1. The normalized spacial score (nSPS) is 18.3. The summed E-state index contributed by atoms with van der Waals surface area (Å²) in [5.74, 6) is 2.38. The first kappa shape index (κ1) is 18.9. The van der Waals surface area contributed by atoms with Gasteiger partial charge in [-0.3, -0.25) is 9.36 Å². The van der Waals surface area contributed by atoms with Crippen LogP contribution in [0, 0.1) is 19.8 Å². The second-order valence-corrected chi connectivity index (χ2v) is 8.30. The van der Waals surface area contributed by atoms with Crippen molar-refractivity contribution in [3.8, 4) is 0 Å². The third kappa shape index (κ3) is 3.88. The van der Waals surface area contributed by atoms with Gasteiger partial charge in [0.15, 0.2) is 0 Å². The summed E-state index contributed by atoms with van der Waals surface area (Å²) in [4.78, 5) is 35.3. The van der Waals surface area contributed by atoms with E-state index in [0.29, 0.717) is 24.7 Å². The molecule has 4 rings (SSSR count). The highest BCUT2D eigenvalue weighted by molar-refractivity contribution is 5.76. The van der Waals surface area contributed by atoms with Crippen molar-refractivity contribution in [3.05, 3.63) is 46.2 Å². The van der Waals surface area contributed by atoms with Crippen LogP contribution in [0.15, 0.2) is 23.3 Å². The molecule has 7 heteroatoms. The first-order valence-corrected chi connectivity index (χ1v) is 10.3. The molecule has 1 aliphatic heterocycles. The van der Waals surface area contributed by atoms with Crippen molar-refractivity contribution in [1.82, 2.24) is 24.0 Å². The zero-order valence-electron chi connectivity index (χ0n) is 16.8. The van der Waals surface area contributed by atoms with E-state index >= 15 is 0 Å². The molecule has 0 atom stereocenters. The van der Waals surface area contributed by atoms with Crippen LogP contribution in [0.3, 0.4) is 0 Å². The molecule has 2 aliphatic rings. The highest BCUT2D eigenvalue weighted by Gasteiger charge is 2.28. The smallest absolute Gasteiger partial charge is 0.341 e. The number of carbonyl (C=O) groups excluding carboxylic acids is 1. The van der Waals surface area contributed by atoms with Gasteiger partial charge in [-0.1, -0.05) is 6.42 Å². The minimum Gasteiger partial charge on any atom is -0.341 e. The van der Waals surface area contributed by atoms with E-state index in [1.165, 1.54) is 29.7 Å². The Bertz CT molecular complexity index is 904. The molecule has 2 aromatic rings. The molecule has 0 radical (unpaired) electrons. The van der Waals surface area contributed by atoms with Crippen molar-refractivity contribution in [1.29, 1.82) is 0 Å². The lowest BCUT2D eigenvalue weighted by molar-refractivity contribution is -0.133. The number of aryl methyl sites for hydroxylation is 2. The molecule has 1 amide bonds. The van der Waals surface area contributed by atoms with Crippen LogP contribution >= 0.6 is 0 Å². The number of piperidine rings is 1. The van der Waals surface area contributed by atoms with Crippen LogP contribution in [-0.4, -0.2) is 43.0 Å². The summed E-state index contributed by atoms with van der Waals surface area (Å²) in [5.41, 5.74) is 1.11. The highest BCUT2D eigenvalue weighted by atomic mass is 16.2. The van der Waals surface area contributed by atoms with Gasteiger partial charge in [0.2, 0.25) is 5.91 Å². The van der Waals surface area contributed by atoms with E-state index in [0.717, 1.165) is 31.0 Å². The van der Waals surface area contributed by atoms with Crippen LogP contribution in [0.5, 0.6) is 0 Å². The van der Waals surface area contributed by atoms with Crippen molar-refractivity contribution in [2.75, 3.05) is 13.1 Å². The fourth-order valence-corrected chi connectivity index (χ4v) is 4.38. The van der Waals surface area contributed by atoms with E-state index in [9.17, 15) is 9.59 Å². The monoisotopic (exact) mass is 383 g/mol. The fourth-order valence-electron chi connectivity index (χ4n) is 4.38. The molecule has 3 heterocycles. The lowest BCUT2D eigenvalue weighted by Crippen LogP contribution is -2.42. The van der Waals surface area contributed by atoms with Gasteiger partial charge in [-0.15, -0.1) is 0 Å². The summed E-state index contributed by atoms with van der Waals surface area (Å²) in [5, 5.41) is 0. The first-order chi connectivity index (χ1) is 13.5. The van der Waals surface area contributed by atoms with Crippen LogP contribution in [-0.2, 0) is 17.9 Å². The van der Waals surface area contributed by atoms with Crippen LogP contribution in [0.25, 0.3) is 0 Å². The molecular weight excluding hydrogens is 354 g/mol. The number of hydrogen-bond donors (Lipinski definition) is 0. The van der Waals surface area contributed by atoms with Gasteiger partial charge in [0, 0.05) is 49.3 Å². The van der Waals surface area contributed by atoms with Gasteiger partial charge in [0.05, 0.1) is 0 Å². The highest BCUT2D eigenvalue weighted by Crippen LogP contribution is 2.31. The van der Waals surface area contributed by atoms with Crippen molar-refractivity contribution < 1.29 is 4.79 Å².